The molecule has 9 rings (SSSR count). The maximum atomic E-state index is 5.12. The summed E-state index contributed by atoms with van der Waals surface area (Å²) in [6, 6.07) is 45.5. The van der Waals surface area contributed by atoms with Crippen LogP contribution in [0.25, 0.3) is 38.6 Å². The third kappa shape index (κ3) is 4.33. The number of hydrogen-bond donors (Lipinski definition) is 0. The first-order valence-electron chi connectivity index (χ1n) is 16.3. The number of para-hydroxylation sites is 2. The molecular formula is C42H34N6. The molecule has 0 aliphatic carbocycles. The molecule has 5 aromatic carbocycles. The summed E-state index contributed by atoms with van der Waals surface area (Å²) in [7, 11) is 2.09. The van der Waals surface area contributed by atoms with Crippen molar-refractivity contribution in [2.75, 3.05) is 28.4 Å². The van der Waals surface area contributed by atoms with E-state index in [1.165, 1.54) is 27.5 Å². The lowest BCUT2D eigenvalue weighted by molar-refractivity contribution is 0.938. The number of imidazole rings is 1. The van der Waals surface area contributed by atoms with Crippen molar-refractivity contribution < 1.29 is 0 Å². The lowest BCUT2D eigenvalue weighted by Crippen LogP contribution is -2.24. The second-order valence-corrected chi connectivity index (χ2v) is 12.6. The van der Waals surface area contributed by atoms with Crippen molar-refractivity contribution >= 4 is 61.6 Å². The molecule has 0 bridgehead atoms. The number of aromatic nitrogens is 3. The lowest BCUT2D eigenvalue weighted by Gasteiger charge is -2.28. The quantitative estimate of drug-likeness (QED) is 0.179. The van der Waals surface area contributed by atoms with E-state index < -0.39 is 0 Å². The van der Waals surface area contributed by atoms with Crippen molar-refractivity contribution in [3.05, 3.63) is 151 Å². The van der Waals surface area contributed by atoms with Gasteiger partial charge in [-0.25, -0.2) is 9.97 Å². The Hall–Kier alpha value is -6.14. The van der Waals surface area contributed by atoms with E-state index in [4.69, 9.17) is 4.98 Å². The molecule has 0 saturated carbocycles. The largest absolute Gasteiger partial charge is 0.340 e. The third-order valence-corrected chi connectivity index (χ3v) is 9.62. The summed E-state index contributed by atoms with van der Waals surface area (Å²) in [4.78, 5) is 16.6. The normalized spacial score (nSPS) is 12.7. The molecule has 0 saturated heterocycles. The Balaban J connectivity index is 1.26. The van der Waals surface area contributed by atoms with Gasteiger partial charge in [0.2, 0.25) is 0 Å². The molecule has 1 aliphatic rings. The second-order valence-electron chi connectivity index (χ2n) is 12.6. The van der Waals surface area contributed by atoms with E-state index >= 15 is 0 Å². The van der Waals surface area contributed by atoms with Crippen LogP contribution in [-0.4, -0.2) is 28.1 Å². The average Bonchev–Trinajstić information content (AvgIpc) is 3.71. The van der Waals surface area contributed by atoms with Crippen molar-refractivity contribution in [1.82, 2.24) is 14.4 Å². The molecule has 0 atom stereocenters. The maximum Gasteiger partial charge on any atom is 0.153 e. The van der Waals surface area contributed by atoms with Gasteiger partial charge in [-0.3, -0.25) is 4.40 Å². The monoisotopic (exact) mass is 622 g/mol. The number of fused-ring (bicyclic) bond motifs is 7. The highest BCUT2D eigenvalue weighted by Crippen LogP contribution is 2.43. The number of rotatable bonds is 5. The second kappa shape index (κ2) is 11.0. The molecule has 3 aromatic heterocycles. The standard InChI is InChI=1S/C42H34N6/c1-28-12-9-13-29(2)40(28)39-26-44-41-36-25-33(21-22-34(36)35-18-7-8-19-37(35)48(39)41)47(30-14-5-4-6-15-30)32-17-10-16-31(24-32)46-27-45(3)42-38(46)20-11-23-43-42/h4-26H,27H2,1-3H3. The molecular weight excluding hydrogens is 589 g/mol. The average molecular weight is 623 g/mol. The lowest BCUT2D eigenvalue weighted by atomic mass is 10.00. The van der Waals surface area contributed by atoms with E-state index in [2.05, 4.69) is 166 Å². The van der Waals surface area contributed by atoms with Crippen molar-refractivity contribution in [3.8, 4) is 11.3 Å². The summed E-state index contributed by atoms with van der Waals surface area (Å²) >= 11 is 0. The zero-order valence-corrected chi connectivity index (χ0v) is 27.2. The van der Waals surface area contributed by atoms with Gasteiger partial charge in [-0.1, -0.05) is 66.7 Å². The summed E-state index contributed by atoms with van der Waals surface area (Å²) in [5, 5.41) is 3.50. The summed E-state index contributed by atoms with van der Waals surface area (Å²) in [5.41, 5.74) is 12.4. The van der Waals surface area contributed by atoms with E-state index in [1.807, 2.05) is 18.5 Å². The minimum absolute atomic E-state index is 0.741. The Morgan fingerprint density at radius 1 is 0.625 bits per heavy atom. The van der Waals surface area contributed by atoms with E-state index in [0.717, 1.165) is 63.2 Å². The van der Waals surface area contributed by atoms with E-state index in [0.29, 0.717) is 0 Å². The first-order chi connectivity index (χ1) is 23.6. The topological polar surface area (TPSA) is 39.9 Å². The molecule has 232 valence electrons. The fraction of sp³-hybridized carbons (Fsp3) is 0.0952. The predicted octanol–water partition coefficient (Wildman–Crippen LogP) is 10.3. The number of aryl methyl sites for hydroxylation is 2. The fourth-order valence-electron chi connectivity index (χ4n) is 7.46. The Morgan fingerprint density at radius 2 is 1.38 bits per heavy atom. The highest BCUT2D eigenvalue weighted by Gasteiger charge is 2.26. The number of anilines is 6. The molecule has 0 N–H and O–H groups in total. The zero-order valence-electron chi connectivity index (χ0n) is 27.2. The van der Waals surface area contributed by atoms with E-state index in [9.17, 15) is 0 Å². The van der Waals surface area contributed by atoms with Gasteiger partial charge in [0.05, 0.1) is 29.8 Å². The Bertz CT molecular complexity index is 2480. The first-order valence-corrected chi connectivity index (χ1v) is 16.3. The van der Waals surface area contributed by atoms with Crippen LogP contribution in [0.3, 0.4) is 0 Å². The SMILES string of the molecule is Cc1cccc(C)c1-c1cnc2c3cc(N(c4ccccc4)c4cccc(N5CN(C)c6ncccc65)c4)ccc3c3ccccc3n12. The van der Waals surface area contributed by atoms with Crippen molar-refractivity contribution in [2.45, 2.75) is 13.8 Å². The minimum Gasteiger partial charge on any atom is -0.340 e. The summed E-state index contributed by atoms with van der Waals surface area (Å²) in [6.07, 6.45) is 3.90. The van der Waals surface area contributed by atoms with Gasteiger partial charge < -0.3 is 14.7 Å². The smallest absolute Gasteiger partial charge is 0.153 e. The summed E-state index contributed by atoms with van der Waals surface area (Å²) < 4.78 is 2.35. The predicted molar refractivity (Wildman–Crippen MR) is 199 cm³/mol. The number of pyridine rings is 2. The Labute approximate surface area is 279 Å². The molecule has 6 heteroatoms. The van der Waals surface area contributed by atoms with Gasteiger partial charge in [0.25, 0.3) is 0 Å². The van der Waals surface area contributed by atoms with Gasteiger partial charge in [0.15, 0.2) is 5.82 Å². The molecule has 0 radical (unpaired) electrons. The third-order valence-electron chi connectivity index (χ3n) is 9.62. The van der Waals surface area contributed by atoms with Gasteiger partial charge in [-0.15, -0.1) is 0 Å². The first kappa shape index (κ1) is 28.1. The van der Waals surface area contributed by atoms with Crippen LogP contribution < -0.4 is 14.7 Å². The van der Waals surface area contributed by atoms with Crippen LogP contribution in [0.2, 0.25) is 0 Å². The highest BCUT2D eigenvalue weighted by atomic mass is 15.4. The number of nitrogens with zero attached hydrogens (tertiary/aromatic N) is 6. The van der Waals surface area contributed by atoms with Crippen LogP contribution in [0, 0.1) is 13.8 Å². The summed E-state index contributed by atoms with van der Waals surface area (Å²) in [5.74, 6) is 0.994. The van der Waals surface area contributed by atoms with Crippen LogP contribution in [-0.2, 0) is 0 Å². The van der Waals surface area contributed by atoms with Crippen LogP contribution in [0.1, 0.15) is 11.1 Å². The zero-order chi connectivity index (χ0) is 32.4. The maximum absolute atomic E-state index is 5.12. The molecule has 1 aliphatic heterocycles. The fourth-order valence-corrected chi connectivity index (χ4v) is 7.46. The van der Waals surface area contributed by atoms with Crippen LogP contribution in [0.5, 0.6) is 0 Å². The van der Waals surface area contributed by atoms with Gasteiger partial charge >= 0.3 is 0 Å². The van der Waals surface area contributed by atoms with Gasteiger partial charge in [-0.2, -0.15) is 0 Å². The van der Waals surface area contributed by atoms with E-state index in [-0.39, 0.29) is 0 Å². The molecule has 0 spiro atoms. The van der Waals surface area contributed by atoms with Crippen molar-refractivity contribution in [2.24, 2.45) is 0 Å². The van der Waals surface area contributed by atoms with Gasteiger partial charge in [-0.05, 0) is 91.0 Å². The van der Waals surface area contributed by atoms with E-state index in [1.54, 1.807) is 0 Å². The summed E-state index contributed by atoms with van der Waals surface area (Å²) in [6.45, 7) is 5.11. The van der Waals surface area contributed by atoms with Crippen molar-refractivity contribution in [1.29, 1.82) is 0 Å². The number of hydrogen-bond acceptors (Lipinski definition) is 5. The molecule has 8 aromatic rings. The highest BCUT2D eigenvalue weighted by molar-refractivity contribution is 6.13. The molecule has 0 unspecified atom stereocenters. The Kier molecular flexibility index (Phi) is 6.44. The van der Waals surface area contributed by atoms with Gasteiger partial charge in [0, 0.05) is 52.3 Å². The molecule has 0 amide bonds. The van der Waals surface area contributed by atoms with Gasteiger partial charge in [0.1, 0.15) is 5.65 Å². The minimum atomic E-state index is 0.741. The number of benzene rings is 5. The molecule has 4 heterocycles. The molecule has 6 nitrogen and oxygen atoms in total. The molecule has 0 fully saturated rings. The van der Waals surface area contributed by atoms with Crippen molar-refractivity contribution in [3.63, 3.8) is 0 Å². The Morgan fingerprint density at radius 3 is 2.23 bits per heavy atom. The van der Waals surface area contributed by atoms with Crippen LogP contribution >= 0.6 is 0 Å². The van der Waals surface area contributed by atoms with Crippen LogP contribution in [0.15, 0.2) is 140 Å². The molecule has 48 heavy (non-hydrogen) atoms. The van der Waals surface area contributed by atoms with Crippen LogP contribution in [0.4, 0.5) is 34.3 Å².